The van der Waals surface area contributed by atoms with Crippen LogP contribution in [0.15, 0.2) is 29.8 Å². The van der Waals surface area contributed by atoms with E-state index >= 15 is 0 Å². The largest absolute Gasteiger partial charge is 0.771 e. The Balaban J connectivity index is 2.09. The van der Waals surface area contributed by atoms with E-state index in [9.17, 15) is 18.7 Å². The van der Waals surface area contributed by atoms with Gasteiger partial charge in [-0.1, -0.05) is 49.2 Å². The zero-order chi connectivity index (χ0) is 18.6. The van der Waals surface area contributed by atoms with Gasteiger partial charge in [0.15, 0.2) is 0 Å². The van der Waals surface area contributed by atoms with Crippen molar-refractivity contribution >= 4 is 34.7 Å². The van der Waals surface area contributed by atoms with Crippen molar-refractivity contribution < 1.29 is 18.7 Å². The summed E-state index contributed by atoms with van der Waals surface area (Å²) in [5.41, 5.74) is 2.29. The van der Waals surface area contributed by atoms with Crippen LogP contribution in [0.25, 0.3) is 6.08 Å². The molecule has 3 atom stereocenters. The first kappa shape index (κ1) is 20.1. The summed E-state index contributed by atoms with van der Waals surface area (Å²) in [7, 11) is 0. The second kappa shape index (κ2) is 8.94. The molecule has 138 valence electrons. The molecular formula is C18H23ClNO4S-. The van der Waals surface area contributed by atoms with E-state index < -0.39 is 28.3 Å². The molecule has 1 aromatic carbocycles. The number of hydrogen-bond donors (Lipinski definition) is 1. The number of nitrogens with zero attached hydrogens (tertiary/aromatic N) is 1. The summed E-state index contributed by atoms with van der Waals surface area (Å²) in [6.07, 6.45) is 3.54. The van der Waals surface area contributed by atoms with E-state index in [0.717, 1.165) is 18.4 Å². The molecule has 0 amide bonds. The molecule has 1 aliphatic heterocycles. The minimum atomic E-state index is -2.46. The second-order valence-electron chi connectivity index (χ2n) is 6.65. The summed E-state index contributed by atoms with van der Waals surface area (Å²) < 4.78 is 23.4. The molecule has 2 rings (SSSR count). The van der Waals surface area contributed by atoms with Crippen molar-refractivity contribution in [1.29, 1.82) is 0 Å². The number of carboxylic acid groups (broad SMARTS) is 1. The molecule has 1 saturated heterocycles. The summed E-state index contributed by atoms with van der Waals surface area (Å²) >= 11 is 3.42. The number of carboxylic acids is 1. The zero-order valence-electron chi connectivity index (χ0n) is 14.4. The van der Waals surface area contributed by atoms with Crippen molar-refractivity contribution in [2.24, 2.45) is 11.8 Å². The summed E-state index contributed by atoms with van der Waals surface area (Å²) in [6, 6.07) is 7.55. The number of halogens is 1. The van der Waals surface area contributed by atoms with Crippen LogP contribution in [-0.2, 0) is 15.9 Å². The smallest absolute Gasteiger partial charge is 0.309 e. The molecule has 25 heavy (non-hydrogen) atoms. The van der Waals surface area contributed by atoms with Gasteiger partial charge in [0.2, 0.25) is 0 Å². The van der Waals surface area contributed by atoms with E-state index in [2.05, 4.69) is 6.08 Å². The lowest BCUT2D eigenvalue weighted by molar-refractivity contribution is -0.144. The standard InChI is InChI=1S/C18H24ClNO4S/c1-12(2)16(18(21)22)17(25(23)24)20-9-7-14(8-10-20)11-13-3-5-15(19)6-4-13/h3-6,11-12,16-17H,7-10H2,1-2H3,(H,21,22)(H,23,24)/p-1. The first-order valence-corrected chi connectivity index (χ1v) is 9.81. The molecule has 1 fully saturated rings. The highest BCUT2D eigenvalue weighted by Crippen LogP contribution is 2.28. The molecule has 7 heteroatoms. The number of likely N-dealkylation sites (tertiary alicyclic amines) is 1. The van der Waals surface area contributed by atoms with Crippen molar-refractivity contribution in [2.75, 3.05) is 13.1 Å². The molecule has 1 N–H and O–H groups in total. The van der Waals surface area contributed by atoms with Crippen molar-refractivity contribution in [3.8, 4) is 0 Å². The molecule has 5 nitrogen and oxygen atoms in total. The van der Waals surface area contributed by atoms with Crippen molar-refractivity contribution in [3.05, 3.63) is 40.4 Å². The Kier molecular flexibility index (Phi) is 7.19. The van der Waals surface area contributed by atoms with Gasteiger partial charge in [-0.05, 0) is 47.5 Å². The Morgan fingerprint density at radius 1 is 1.28 bits per heavy atom. The van der Waals surface area contributed by atoms with Crippen molar-refractivity contribution in [2.45, 2.75) is 32.1 Å². The summed E-state index contributed by atoms with van der Waals surface area (Å²) in [6.45, 7) is 4.56. The number of carbonyl (C=O) groups is 1. The average Bonchev–Trinajstić information content (AvgIpc) is 2.54. The second-order valence-corrected chi connectivity index (χ2v) is 8.09. The normalized spacial score (nSPS) is 19.5. The lowest BCUT2D eigenvalue weighted by Crippen LogP contribution is -2.50. The monoisotopic (exact) mass is 384 g/mol. The van der Waals surface area contributed by atoms with Crippen molar-refractivity contribution in [1.82, 2.24) is 4.90 Å². The Morgan fingerprint density at radius 2 is 1.84 bits per heavy atom. The Labute approximate surface area is 156 Å². The minimum absolute atomic E-state index is 0.258. The highest BCUT2D eigenvalue weighted by atomic mass is 35.5. The predicted octanol–water partition coefficient (Wildman–Crippen LogP) is 3.38. The van der Waals surface area contributed by atoms with E-state index in [1.54, 1.807) is 18.7 Å². The lowest BCUT2D eigenvalue weighted by atomic mass is 9.93. The Bertz CT molecular complexity index is 650. The maximum atomic E-state index is 11.7. The molecule has 1 aliphatic rings. The molecule has 0 saturated carbocycles. The SMILES string of the molecule is CC(C)C(C(=O)O)C(N1CCC(=Cc2ccc(Cl)cc2)CC1)S(=O)[O-]. The summed E-state index contributed by atoms with van der Waals surface area (Å²) in [5, 5.41) is 9.14. The third-order valence-corrected chi connectivity index (χ3v) is 5.79. The number of hydrogen-bond acceptors (Lipinski definition) is 4. The third kappa shape index (κ3) is 5.38. The molecular weight excluding hydrogens is 362 g/mol. The van der Waals surface area contributed by atoms with Crippen LogP contribution < -0.4 is 0 Å². The first-order valence-electron chi connectivity index (χ1n) is 8.29. The average molecular weight is 385 g/mol. The van der Waals surface area contributed by atoms with E-state index in [-0.39, 0.29) is 5.92 Å². The number of benzene rings is 1. The van der Waals surface area contributed by atoms with Crippen LogP contribution in [0, 0.1) is 11.8 Å². The minimum Gasteiger partial charge on any atom is -0.771 e. The fourth-order valence-electron chi connectivity index (χ4n) is 3.21. The van der Waals surface area contributed by atoms with Gasteiger partial charge >= 0.3 is 5.97 Å². The van der Waals surface area contributed by atoms with Gasteiger partial charge in [-0.25, -0.2) is 0 Å². The van der Waals surface area contributed by atoms with Crippen LogP contribution in [0.5, 0.6) is 0 Å². The third-order valence-electron chi connectivity index (χ3n) is 4.55. The molecule has 1 aromatic rings. The van der Waals surface area contributed by atoms with E-state index in [0.29, 0.717) is 18.1 Å². The summed E-state index contributed by atoms with van der Waals surface area (Å²) in [5.74, 6) is -2.25. The van der Waals surface area contributed by atoms with Crippen LogP contribution in [-0.4, -0.2) is 43.2 Å². The van der Waals surface area contributed by atoms with E-state index in [4.69, 9.17) is 11.6 Å². The fourth-order valence-corrected chi connectivity index (χ4v) is 4.46. The van der Waals surface area contributed by atoms with Gasteiger partial charge in [-0.3, -0.25) is 13.9 Å². The zero-order valence-corrected chi connectivity index (χ0v) is 15.9. The van der Waals surface area contributed by atoms with E-state index in [1.165, 1.54) is 5.57 Å². The topological polar surface area (TPSA) is 80.7 Å². The van der Waals surface area contributed by atoms with Crippen LogP contribution in [0.1, 0.15) is 32.3 Å². The van der Waals surface area contributed by atoms with Crippen molar-refractivity contribution in [3.63, 3.8) is 0 Å². The van der Waals surface area contributed by atoms with E-state index in [1.807, 2.05) is 24.3 Å². The number of rotatable bonds is 6. The summed E-state index contributed by atoms with van der Waals surface area (Å²) in [4.78, 5) is 13.3. The molecule has 0 radical (unpaired) electrons. The van der Waals surface area contributed by atoms with Gasteiger partial charge in [-0.2, -0.15) is 0 Å². The highest BCUT2D eigenvalue weighted by molar-refractivity contribution is 7.79. The quantitative estimate of drug-likeness (QED) is 0.760. The van der Waals surface area contributed by atoms with Gasteiger partial charge in [0.05, 0.1) is 11.3 Å². The number of aliphatic carboxylic acids is 1. The van der Waals surface area contributed by atoms with Crippen LogP contribution >= 0.6 is 11.6 Å². The molecule has 0 aromatic heterocycles. The Morgan fingerprint density at radius 3 is 2.28 bits per heavy atom. The van der Waals surface area contributed by atoms with Gasteiger partial charge in [0.1, 0.15) is 0 Å². The van der Waals surface area contributed by atoms with Gasteiger partial charge in [0, 0.05) is 18.1 Å². The van der Waals surface area contributed by atoms with Crippen LogP contribution in [0.3, 0.4) is 0 Å². The first-order chi connectivity index (χ1) is 11.8. The maximum Gasteiger partial charge on any atom is 0.309 e. The molecule has 3 unspecified atom stereocenters. The molecule has 1 heterocycles. The van der Waals surface area contributed by atoms with Gasteiger partial charge in [0.25, 0.3) is 0 Å². The van der Waals surface area contributed by atoms with Gasteiger partial charge < -0.3 is 9.66 Å². The highest BCUT2D eigenvalue weighted by Gasteiger charge is 2.36. The Hall–Kier alpha value is -1.21. The predicted molar refractivity (Wildman–Crippen MR) is 98.9 cm³/mol. The molecule has 0 bridgehead atoms. The lowest BCUT2D eigenvalue weighted by Gasteiger charge is -2.40. The molecule has 0 spiro atoms. The fraction of sp³-hybridized carbons (Fsp3) is 0.500. The number of piperidine rings is 1. The molecule has 0 aliphatic carbocycles. The van der Waals surface area contributed by atoms with Crippen LogP contribution in [0.2, 0.25) is 5.02 Å². The maximum absolute atomic E-state index is 11.7. The van der Waals surface area contributed by atoms with Crippen LogP contribution in [0.4, 0.5) is 0 Å². The van der Waals surface area contributed by atoms with Gasteiger partial charge in [-0.15, -0.1) is 0 Å².